The van der Waals surface area contributed by atoms with E-state index in [1.165, 1.54) is 0 Å². The average molecular weight is 321 g/mol. The van der Waals surface area contributed by atoms with Crippen LogP contribution in [-0.2, 0) is 4.79 Å². The first-order valence-corrected chi connectivity index (χ1v) is 7.35. The van der Waals surface area contributed by atoms with Gasteiger partial charge in [0.2, 0.25) is 5.91 Å². The molecule has 0 spiro atoms. The van der Waals surface area contributed by atoms with Gasteiger partial charge in [-0.3, -0.25) is 4.79 Å². The van der Waals surface area contributed by atoms with Crippen molar-refractivity contribution in [1.82, 2.24) is 20.4 Å². The van der Waals surface area contributed by atoms with Gasteiger partial charge in [-0.15, -0.1) is 12.4 Å². The molecule has 0 saturated carbocycles. The highest BCUT2D eigenvalue weighted by Crippen LogP contribution is 2.18. The van der Waals surface area contributed by atoms with Crippen molar-refractivity contribution in [2.75, 3.05) is 13.1 Å². The fraction of sp³-hybridized carbons (Fsp3) is 0.375. The Morgan fingerprint density at radius 1 is 1.45 bits per heavy atom. The van der Waals surface area contributed by atoms with E-state index in [4.69, 9.17) is 0 Å². The third kappa shape index (κ3) is 3.67. The molecule has 3 rings (SSSR count). The van der Waals surface area contributed by atoms with Crippen LogP contribution in [0, 0.1) is 5.92 Å². The van der Waals surface area contributed by atoms with Crippen LogP contribution in [0.15, 0.2) is 42.7 Å². The van der Waals surface area contributed by atoms with E-state index in [1.54, 1.807) is 6.20 Å². The molecule has 22 heavy (non-hydrogen) atoms. The number of hydrogen-bond donors (Lipinski definition) is 2. The van der Waals surface area contributed by atoms with Gasteiger partial charge in [-0.25, -0.2) is 4.68 Å². The number of amides is 1. The zero-order valence-corrected chi connectivity index (χ0v) is 13.3. The Bertz CT molecular complexity index is 608. The lowest BCUT2D eigenvalue weighted by atomic mass is 10.0. The maximum Gasteiger partial charge on any atom is 0.224 e. The van der Waals surface area contributed by atoms with Crippen LogP contribution >= 0.6 is 12.4 Å². The largest absolute Gasteiger partial charge is 0.349 e. The van der Waals surface area contributed by atoms with E-state index in [9.17, 15) is 4.79 Å². The van der Waals surface area contributed by atoms with Gasteiger partial charge in [0.15, 0.2) is 0 Å². The number of nitrogens with one attached hydrogen (secondary N) is 2. The summed E-state index contributed by atoms with van der Waals surface area (Å²) < 4.78 is 1.82. The summed E-state index contributed by atoms with van der Waals surface area (Å²) in [6, 6.07) is 9.98. The number of rotatable bonds is 4. The van der Waals surface area contributed by atoms with E-state index in [2.05, 4.69) is 21.8 Å². The molecular weight excluding hydrogens is 300 g/mol. The average Bonchev–Trinajstić information content (AvgIpc) is 3.20. The second-order valence-corrected chi connectivity index (χ2v) is 5.47. The summed E-state index contributed by atoms with van der Waals surface area (Å²) in [5.74, 6) is 0.235. The molecule has 1 amide bonds. The molecular formula is C16H21ClN4O. The molecule has 0 radical (unpaired) electrons. The van der Waals surface area contributed by atoms with Gasteiger partial charge in [0.25, 0.3) is 0 Å². The van der Waals surface area contributed by atoms with Crippen molar-refractivity contribution >= 4 is 18.3 Å². The molecule has 1 aliphatic rings. The van der Waals surface area contributed by atoms with Crippen molar-refractivity contribution in [2.45, 2.75) is 19.4 Å². The highest BCUT2D eigenvalue weighted by Gasteiger charge is 2.23. The molecule has 2 heterocycles. The van der Waals surface area contributed by atoms with Gasteiger partial charge in [0.1, 0.15) is 0 Å². The number of benzene rings is 1. The Morgan fingerprint density at radius 2 is 2.32 bits per heavy atom. The van der Waals surface area contributed by atoms with Crippen LogP contribution in [0.25, 0.3) is 5.69 Å². The van der Waals surface area contributed by atoms with E-state index in [0.717, 1.165) is 30.8 Å². The summed E-state index contributed by atoms with van der Waals surface area (Å²) in [5, 5.41) is 10.6. The maximum absolute atomic E-state index is 12.2. The van der Waals surface area contributed by atoms with Crippen molar-refractivity contribution in [2.24, 2.45) is 5.92 Å². The van der Waals surface area contributed by atoms with Gasteiger partial charge in [-0.05, 0) is 43.7 Å². The van der Waals surface area contributed by atoms with Crippen LogP contribution < -0.4 is 10.6 Å². The Hall–Kier alpha value is -1.85. The molecule has 0 aliphatic carbocycles. The SMILES string of the molecule is CC(NC(=O)C1CCNC1)c1cccc(-n2cccn2)c1.Cl. The molecule has 1 saturated heterocycles. The lowest BCUT2D eigenvalue weighted by Crippen LogP contribution is -2.33. The Balaban J connectivity index is 0.00000176. The molecule has 2 aromatic rings. The summed E-state index contributed by atoms with van der Waals surface area (Å²) in [4.78, 5) is 12.2. The van der Waals surface area contributed by atoms with Gasteiger partial charge in [-0.2, -0.15) is 5.10 Å². The van der Waals surface area contributed by atoms with E-state index in [1.807, 2.05) is 42.1 Å². The second kappa shape index (κ2) is 7.42. The molecule has 2 atom stereocenters. The van der Waals surface area contributed by atoms with Crippen molar-refractivity contribution in [3.8, 4) is 5.69 Å². The van der Waals surface area contributed by atoms with Gasteiger partial charge in [0, 0.05) is 18.9 Å². The molecule has 1 aromatic heterocycles. The van der Waals surface area contributed by atoms with Gasteiger partial charge in [-0.1, -0.05) is 12.1 Å². The number of nitrogens with zero attached hydrogens (tertiary/aromatic N) is 2. The minimum atomic E-state index is -0.00591. The summed E-state index contributed by atoms with van der Waals surface area (Å²) in [7, 11) is 0. The fourth-order valence-electron chi connectivity index (χ4n) is 2.65. The quantitative estimate of drug-likeness (QED) is 0.907. The topological polar surface area (TPSA) is 59.0 Å². The summed E-state index contributed by atoms with van der Waals surface area (Å²) in [6.45, 7) is 3.73. The van der Waals surface area contributed by atoms with Crippen molar-refractivity contribution in [1.29, 1.82) is 0 Å². The number of carbonyl (C=O) groups excluding carboxylic acids is 1. The van der Waals surface area contributed by atoms with Crippen LogP contribution in [0.5, 0.6) is 0 Å². The molecule has 6 heteroatoms. The number of carbonyl (C=O) groups is 1. The second-order valence-electron chi connectivity index (χ2n) is 5.47. The van der Waals surface area contributed by atoms with Crippen molar-refractivity contribution in [3.63, 3.8) is 0 Å². The van der Waals surface area contributed by atoms with Crippen LogP contribution in [-0.4, -0.2) is 28.8 Å². The minimum Gasteiger partial charge on any atom is -0.349 e. The van der Waals surface area contributed by atoms with Crippen LogP contribution in [0.2, 0.25) is 0 Å². The molecule has 0 bridgehead atoms. The van der Waals surface area contributed by atoms with E-state index >= 15 is 0 Å². The lowest BCUT2D eigenvalue weighted by Gasteiger charge is -2.17. The molecule has 2 N–H and O–H groups in total. The minimum absolute atomic E-state index is 0. The molecule has 1 fully saturated rings. The normalized spacial score (nSPS) is 18.5. The standard InChI is InChI=1S/C16H20N4O.ClH/c1-12(19-16(21)14-6-8-17-11-14)13-4-2-5-15(10-13)20-9-3-7-18-20;/h2-5,7,9-10,12,14,17H,6,8,11H2,1H3,(H,19,21);1H. The number of halogens is 1. The van der Waals surface area contributed by atoms with Crippen molar-refractivity contribution < 1.29 is 4.79 Å². The Kier molecular flexibility index (Phi) is 5.57. The first-order chi connectivity index (χ1) is 10.2. The predicted molar refractivity (Wildman–Crippen MR) is 88.3 cm³/mol. The van der Waals surface area contributed by atoms with Crippen molar-refractivity contribution in [3.05, 3.63) is 48.3 Å². The maximum atomic E-state index is 12.2. The van der Waals surface area contributed by atoms with Crippen LogP contribution in [0.4, 0.5) is 0 Å². The summed E-state index contributed by atoms with van der Waals surface area (Å²) in [6.07, 6.45) is 4.59. The Morgan fingerprint density at radius 3 is 3.00 bits per heavy atom. The molecule has 2 unspecified atom stereocenters. The monoisotopic (exact) mass is 320 g/mol. The molecule has 1 aromatic carbocycles. The first kappa shape index (κ1) is 16.5. The highest BCUT2D eigenvalue weighted by molar-refractivity contribution is 5.85. The van der Waals surface area contributed by atoms with Gasteiger partial charge < -0.3 is 10.6 Å². The van der Waals surface area contributed by atoms with E-state index in [-0.39, 0.29) is 30.3 Å². The molecule has 5 nitrogen and oxygen atoms in total. The highest BCUT2D eigenvalue weighted by atomic mass is 35.5. The molecule has 1 aliphatic heterocycles. The van der Waals surface area contributed by atoms with Gasteiger partial charge in [0.05, 0.1) is 17.6 Å². The zero-order valence-electron chi connectivity index (χ0n) is 12.5. The Labute approximate surface area is 136 Å². The molecule has 118 valence electrons. The van der Waals surface area contributed by atoms with E-state index in [0.29, 0.717) is 0 Å². The third-order valence-electron chi connectivity index (χ3n) is 3.93. The summed E-state index contributed by atoms with van der Waals surface area (Å²) >= 11 is 0. The van der Waals surface area contributed by atoms with Crippen LogP contribution in [0.1, 0.15) is 24.9 Å². The zero-order chi connectivity index (χ0) is 14.7. The third-order valence-corrected chi connectivity index (χ3v) is 3.93. The first-order valence-electron chi connectivity index (χ1n) is 7.35. The smallest absolute Gasteiger partial charge is 0.224 e. The lowest BCUT2D eigenvalue weighted by molar-refractivity contribution is -0.125. The number of hydrogen-bond acceptors (Lipinski definition) is 3. The van der Waals surface area contributed by atoms with E-state index < -0.39 is 0 Å². The van der Waals surface area contributed by atoms with Gasteiger partial charge >= 0.3 is 0 Å². The van der Waals surface area contributed by atoms with Crippen LogP contribution in [0.3, 0.4) is 0 Å². The fourth-order valence-corrected chi connectivity index (χ4v) is 2.65. The summed E-state index contributed by atoms with van der Waals surface area (Å²) in [5.41, 5.74) is 2.09. The predicted octanol–water partition coefficient (Wildman–Crippen LogP) is 2.08. The number of aromatic nitrogens is 2.